The van der Waals surface area contributed by atoms with Crippen molar-refractivity contribution < 1.29 is 37.6 Å². The third kappa shape index (κ3) is 19.0. The molecule has 0 saturated carbocycles. The lowest BCUT2D eigenvalue weighted by Crippen LogP contribution is -2.29. The smallest absolute Gasteiger partial charge is 0.462 e. The van der Waals surface area contributed by atoms with Crippen molar-refractivity contribution in [3.8, 4) is 0 Å². The lowest BCUT2D eigenvalue weighted by Gasteiger charge is -2.19. The number of ether oxygens (including phenoxy) is 2. The molecule has 0 aromatic rings. The Hall–Kier alpha value is -0.990. The average Bonchev–Trinajstić information content (AvgIpc) is 2.70. The summed E-state index contributed by atoms with van der Waals surface area (Å²) in [6.07, 6.45) is 10.8. The van der Waals surface area contributed by atoms with Crippen molar-refractivity contribution in [2.24, 2.45) is 5.73 Å². The van der Waals surface area contributed by atoms with E-state index in [1.807, 2.05) is 0 Å². The SMILES string of the molecule is CCCCCCCCCCCCC(=O)O[C@H](COC(C)=O)COP(=O)(O)OCCN. The fraction of sp³-hybridized carbons (Fsp3) is 0.900. The van der Waals surface area contributed by atoms with Gasteiger partial charge in [0, 0.05) is 19.9 Å². The molecule has 1 unspecified atom stereocenters. The maximum Gasteiger partial charge on any atom is 0.472 e. The number of phosphoric acid groups is 1. The molecule has 0 aliphatic carbocycles. The van der Waals surface area contributed by atoms with Crippen LogP contribution < -0.4 is 5.73 Å². The molecular weight excluding hydrogens is 413 g/mol. The zero-order valence-corrected chi connectivity index (χ0v) is 19.4. The molecule has 0 rings (SSSR count). The summed E-state index contributed by atoms with van der Waals surface area (Å²) in [5.41, 5.74) is 5.21. The number of carbonyl (C=O) groups is 2. The van der Waals surface area contributed by atoms with Gasteiger partial charge < -0.3 is 20.1 Å². The molecule has 0 spiro atoms. The second-order valence-electron chi connectivity index (χ2n) is 7.23. The van der Waals surface area contributed by atoms with Crippen LogP contribution in [0.4, 0.5) is 0 Å². The minimum atomic E-state index is -4.31. The van der Waals surface area contributed by atoms with E-state index in [4.69, 9.17) is 19.7 Å². The number of rotatable bonds is 20. The van der Waals surface area contributed by atoms with Crippen LogP contribution >= 0.6 is 7.82 Å². The Kier molecular flexibility index (Phi) is 18.1. The predicted octanol–water partition coefficient (Wildman–Crippen LogP) is 3.86. The third-order valence-electron chi connectivity index (χ3n) is 4.30. The summed E-state index contributed by atoms with van der Waals surface area (Å²) in [7, 11) is -4.31. The highest BCUT2D eigenvalue weighted by Crippen LogP contribution is 2.43. The third-order valence-corrected chi connectivity index (χ3v) is 5.29. The summed E-state index contributed by atoms with van der Waals surface area (Å²) in [5, 5.41) is 0. The maximum absolute atomic E-state index is 12.0. The van der Waals surface area contributed by atoms with Gasteiger partial charge in [0.25, 0.3) is 0 Å². The van der Waals surface area contributed by atoms with Crippen LogP contribution in [0.15, 0.2) is 0 Å². The lowest BCUT2D eigenvalue weighted by atomic mass is 10.1. The average molecular weight is 454 g/mol. The van der Waals surface area contributed by atoms with Crippen molar-refractivity contribution >= 4 is 19.8 Å². The molecular formula is C20H40NO8P. The molecule has 9 nitrogen and oxygen atoms in total. The van der Waals surface area contributed by atoms with Crippen LogP contribution in [-0.4, -0.2) is 49.3 Å². The quantitative estimate of drug-likeness (QED) is 0.160. The highest BCUT2D eigenvalue weighted by molar-refractivity contribution is 7.47. The summed E-state index contributed by atoms with van der Waals surface area (Å²) in [6, 6.07) is 0. The van der Waals surface area contributed by atoms with Crippen LogP contribution in [0.2, 0.25) is 0 Å². The van der Waals surface area contributed by atoms with Gasteiger partial charge in [-0.05, 0) is 6.42 Å². The largest absolute Gasteiger partial charge is 0.472 e. The summed E-state index contributed by atoms with van der Waals surface area (Å²) < 4.78 is 31.1. The first-order valence-electron chi connectivity index (χ1n) is 11.0. The second-order valence-corrected chi connectivity index (χ2v) is 8.69. The van der Waals surface area contributed by atoms with Gasteiger partial charge in [-0.3, -0.25) is 18.6 Å². The molecule has 0 heterocycles. The maximum atomic E-state index is 12.0. The zero-order chi connectivity index (χ0) is 22.7. The van der Waals surface area contributed by atoms with Crippen LogP contribution in [0.25, 0.3) is 0 Å². The summed E-state index contributed by atoms with van der Waals surface area (Å²) >= 11 is 0. The van der Waals surface area contributed by atoms with Crippen LogP contribution in [0, 0.1) is 0 Å². The van der Waals surface area contributed by atoms with Gasteiger partial charge in [0.15, 0.2) is 6.10 Å². The fourth-order valence-corrected chi connectivity index (χ4v) is 3.48. The van der Waals surface area contributed by atoms with E-state index in [-0.39, 0.29) is 26.2 Å². The first-order chi connectivity index (χ1) is 14.3. The minimum Gasteiger partial charge on any atom is -0.462 e. The molecule has 0 aliphatic heterocycles. The monoisotopic (exact) mass is 453 g/mol. The van der Waals surface area contributed by atoms with E-state index in [9.17, 15) is 19.0 Å². The first kappa shape index (κ1) is 29.0. The highest BCUT2D eigenvalue weighted by Gasteiger charge is 2.25. The molecule has 0 bridgehead atoms. The summed E-state index contributed by atoms with van der Waals surface area (Å²) in [6.45, 7) is 2.62. The number of esters is 2. The van der Waals surface area contributed by atoms with Gasteiger partial charge in [-0.15, -0.1) is 0 Å². The molecule has 0 radical (unpaired) electrons. The van der Waals surface area contributed by atoms with E-state index in [1.54, 1.807) is 0 Å². The Balaban J connectivity index is 4.08. The standard InChI is InChI=1S/C20H40NO8P/c1-3-4-5-6-7-8-9-10-11-12-13-20(23)29-19(16-26-18(2)22)17-28-30(24,25)27-15-14-21/h19H,3-17,21H2,1-2H3,(H,24,25)/t19-/m1/s1. The van der Waals surface area contributed by atoms with Crippen LogP contribution in [0.5, 0.6) is 0 Å². The van der Waals surface area contributed by atoms with Crippen molar-refractivity contribution in [2.45, 2.75) is 90.6 Å². The van der Waals surface area contributed by atoms with Gasteiger partial charge in [-0.1, -0.05) is 64.7 Å². The lowest BCUT2D eigenvalue weighted by molar-refractivity contribution is -0.160. The number of nitrogens with two attached hydrogens (primary N) is 1. The van der Waals surface area contributed by atoms with E-state index in [0.29, 0.717) is 6.42 Å². The van der Waals surface area contributed by atoms with E-state index < -0.39 is 32.5 Å². The van der Waals surface area contributed by atoms with E-state index in [1.165, 1.54) is 51.9 Å². The molecule has 0 aromatic heterocycles. The highest BCUT2D eigenvalue weighted by atomic mass is 31.2. The molecule has 178 valence electrons. The molecule has 2 atom stereocenters. The summed E-state index contributed by atoms with van der Waals surface area (Å²) in [4.78, 5) is 32.6. The van der Waals surface area contributed by atoms with Gasteiger partial charge >= 0.3 is 19.8 Å². The van der Waals surface area contributed by atoms with Crippen molar-refractivity contribution in [3.05, 3.63) is 0 Å². The van der Waals surface area contributed by atoms with E-state index in [0.717, 1.165) is 12.8 Å². The number of unbranched alkanes of at least 4 members (excludes halogenated alkanes) is 9. The van der Waals surface area contributed by atoms with Crippen LogP contribution in [0.1, 0.15) is 84.5 Å². The van der Waals surface area contributed by atoms with Crippen molar-refractivity contribution in [3.63, 3.8) is 0 Å². The Labute approximate surface area is 180 Å². The van der Waals surface area contributed by atoms with Crippen LogP contribution in [-0.2, 0) is 32.7 Å². The molecule has 10 heteroatoms. The van der Waals surface area contributed by atoms with Gasteiger partial charge in [0.1, 0.15) is 6.61 Å². The molecule has 0 amide bonds. The van der Waals surface area contributed by atoms with Gasteiger partial charge in [-0.2, -0.15) is 0 Å². The number of hydrogen-bond donors (Lipinski definition) is 2. The van der Waals surface area contributed by atoms with E-state index >= 15 is 0 Å². The molecule has 30 heavy (non-hydrogen) atoms. The first-order valence-corrected chi connectivity index (χ1v) is 12.4. The van der Waals surface area contributed by atoms with Gasteiger partial charge in [0.05, 0.1) is 13.2 Å². The van der Waals surface area contributed by atoms with Gasteiger partial charge in [-0.25, -0.2) is 4.57 Å². The normalized spacial score (nSPS) is 14.1. The topological polar surface area (TPSA) is 134 Å². The van der Waals surface area contributed by atoms with Gasteiger partial charge in [0.2, 0.25) is 0 Å². The Bertz CT molecular complexity index is 503. The number of carbonyl (C=O) groups excluding carboxylic acids is 2. The van der Waals surface area contributed by atoms with Crippen molar-refractivity contribution in [1.29, 1.82) is 0 Å². The van der Waals surface area contributed by atoms with Crippen molar-refractivity contribution in [2.75, 3.05) is 26.4 Å². The minimum absolute atomic E-state index is 0.0542. The molecule has 0 saturated heterocycles. The zero-order valence-electron chi connectivity index (χ0n) is 18.5. The molecule has 3 N–H and O–H groups in total. The molecule has 0 aliphatic rings. The van der Waals surface area contributed by atoms with Crippen molar-refractivity contribution in [1.82, 2.24) is 0 Å². The number of phosphoric ester groups is 1. The Morgan fingerprint density at radius 3 is 2.03 bits per heavy atom. The Morgan fingerprint density at radius 1 is 0.933 bits per heavy atom. The van der Waals surface area contributed by atoms with Crippen LogP contribution in [0.3, 0.4) is 0 Å². The molecule has 0 fully saturated rings. The van der Waals surface area contributed by atoms with E-state index in [2.05, 4.69) is 11.4 Å². The predicted molar refractivity (Wildman–Crippen MR) is 114 cm³/mol. The fourth-order valence-electron chi connectivity index (χ4n) is 2.71. The Morgan fingerprint density at radius 2 is 1.50 bits per heavy atom. The number of hydrogen-bond acceptors (Lipinski definition) is 8. The molecule has 0 aromatic carbocycles. The summed E-state index contributed by atoms with van der Waals surface area (Å²) in [5.74, 6) is -1.02. The second kappa shape index (κ2) is 18.8.